The number of hydrogen-bond acceptors (Lipinski definition) is 4. The first-order valence-electron chi connectivity index (χ1n) is 6.71. The van der Waals surface area contributed by atoms with Crippen LogP contribution in [0.5, 0.6) is 5.75 Å². The summed E-state index contributed by atoms with van der Waals surface area (Å²) in [6.45, 7) is 3.26. The molecule has 1 saturated heterocycles. The monoisotopic (exact) mass is 260 g/mol. The van der Waals surface area contributed by atoms with E-state index >= 15 is 0 Å². The summed E-state index contributed by atoms with van der Waals surface area (Å²) in [4.78, 5) is 2.21. The van der Waals surface area contributed by atoms with E-state index in [0.29, 0.717) is 24.0 Å². The second kappa shape index (κ2) is 7.13. The zero-order chi connectivity index (χ0) is 13.5. The number of nitrogens with zero attached hydrogens (tertiary/aromatic N) is 2. The van der Waals surface area contributed by atoms with Gasteiger partial charge >= 0.3 is 0 Å². The van der Waals surface area contributed by atoms with Crippen molar-refractivity contribution in [3.05, 3.63) is 29.8 Å². The maximum absolute atomic E-state index is 8.96. The third kappa shape index (κ3) is 4.23. The Balaban J connectivity index is 1.72. The lowest BCUT2D eigenvalue weighted by atomic mass is 10.2. The van der Waals surface area contributed by atoms with Crippen LogP contribution in [0.2, 0.25) is 0 Å². The first-order chi connectivity index (χ1) is 9.29. The van der Waals surface area contributed by atoms with Crippen LogP contribution in [-0.4, -0.2) is 44.4 Å². The van der Waals surface area contributed by atoms with Gasteiger partial charge < -0.3 is 14.4 Å². The molecule has 1 aromatic rings. The molecule has 0 aliphatic carbocycles. The van der Waals surface area contributed by atoms with Crippen LogP contribution >= 0.6 is 0 Å². The van der Waals surface area contributed by atoms with E-state index in [1.165, 1.54) is 6.42 Å². The fourth-order valence-electron chi connectivity index (χ4n) is 2.22. The molecule has 0 spiro atoms. The standard InChI is InChI=1S/C15H20N2O2/c1-17(12-14-6-4-9-18-14)8-10-19-15-7-3-2-5-13(15)11-16/h2-3,5,7,14H,4,6,8-10,12H2,1H3. The Bertz CT molecular complexity index is 436. The minimum absolute atomic E-state index is 0.372. The zero-order valence-electron chi connectivity index (χ0n) is 11.3. The quantitative estimate of drug-likeness (QED) is 0.785. The highest BCUT2D eigenvalue weighted by Crippen LogP contribution is 2.16. The van der Waals surface area contributed by atoms with Gasteiger partial charge in [0.15, 0.2) is 0 Å². The minimum Gasteiger partial charge on any atom is -0.491 e. The molecule has 1 unspecified atom stereocenters. The summed E-state index contributed by atoms with van der Waals surface area (Å²) in [5.74, 6) is 0.663. The Morgan fingerprint density at radius 2 is 2.32 bits per heavy atom. The van der Waals surface area contributed by atoms with E-state index in [1.807, 2.05) is 18.2 Å². The molecule has 2 rings (SSSR count). The molecular weight excluding hydrogens is 240 g/mol. The Labute approximate surface area is 114 Å². The highest BCUT2D eigenvalue weighted by atomic mass is 16.5. The summed E-state index contributed by atoms with van der Waals surface area (Å²) in [6, 6.07) is 9.46. The Kier molecular flexibility index (Phi) is 5.20. The Morgan fingerprint density at radius 1 is 1.47 bits per heavy atom. The lowest BCUT2D eigenvalue weighted by molar-refractivity contribution is 0.0771. The van der Waals surface area contributed by atoms with Gasteiger partial charge in [-0.25, -0.2) is 0 Å². The van der Waals surface area contributed by atoms with Gasteiger partial charge in [-0.3, -0.25) is 0 Å². The smallest absolute Gasteiger partial charge is 0.137 e. The van der Waals surface area contributed by atoms with Crippen LogP contribution < -0.4 is 4.74 Å². The van der Waals surface area contributed by atoms with Crippen LogP contribution in [0.25, 0.3) is 0 Å². The molecule has 0 aromatic heterocycles. The molecule has 1 fully saturated rings. The summed E-state index contributed by atoms with van der Waals surface area (Å²) < 4.78 is 11.3. The van der Waals surface area contributed by atoms with Crippen molar-refractivity contribution in [1.82, 2.24) is 4.90 Å². The second-order valence-electron chi connectivity index (χ2n) is 4.85. The van der Waals surface area contributed by atoms with Crippen LogP contribution in [0.3, 0.4) is 0 Å². The molecule has 4 nitrogen and oxygen atoms in total. The van der Waals surface area contributed by atoms with Crippen LogP contribution in [0.4, 0.5) is 0 Å². The van der Waals surface area contributed by atoms with Crippen molar-refractivity contribution in [3.63, 3.8) is 0 Å². The van der Waals surface area contributed by atoms with E-state index in [-0.39, 0.29) is 0 Å². The molecular formula is C15H20N2O2. The van der Waals surface area contributed by atoms with Gasteiger partial charge in [0.25, 0.3) is 0 Å². The van der Waals surface area contributed by atoms with E-state index in [0.717, 1.165) is 26.1 Å². The number of hydrogen-bond donors (Lipinski definition) is 0. The van der Waals surface area contributed by atoms with E-state index in [2.05, 4.69) is 18.0 Å². The molecule has 0 N–H and O–H groups in total. The molecule has 1 atom stereocenters. The third-order valence-electron chi connectivity index (χ3n) is 3.28. The van der Waals surface area contributed by atoms with Crippen LogP contribution in [0, 0.1) is 11.3 Å². The minimum atomic E-state index is 0.372. The summed E-state index contributed by atoms with van der Waals surface area (Å²) in [6.07, 6.45) is 2.70. The van der Waals surface area contributed by atoms with Crippen molar-refractivity contribution >= 4 is 0 Å². The number of rotatable bonds is 6. The van der Waals surface area contributed by atoms with Gasteiger partial charge in [0.2, 0.25) is 0 Å². The normalized spacial score (nSPS) is 18.5. The van der Waals surface area contributed by atoms with Gasteiger partial charge in [-0.15, -0.1) is 0 Å². The van der Waals surface area contributed by atoms with E-state index in [4.69, 9.17) is 14.7 Å². The lowest BCUT2D eigenvalue weighted by Gasteiger charge is -2.20. The van der Waals surface area contributed by atoms with Crippen molar-refractivity contribution < 1.29 is 9.47 Å². The SMILES string of the molecule is CN(CCOc1ccccc1C#N)CC1CCCO1. The van der Waals surface area contributed by atoms with E-state index in [1.54, 1.807) is 6.07 Å². The maximum Gasteiger partial charge on any atom is 0.137 e. The van der Waals surface area contributed by atoms with Crippen molar-refractivity contribution in [1.29, 1.82) is 5.26 Å². The maximum atomic E-state index is 8.96. The molecule has 0 bridgehead atoms. The highest BCUT2D eigenvalue weighted by molar-refractivity contribution is 5.42. The molecule has 0 saturated carbocycles. The number of benzene rings is 1. The summed E-state index contributed by atoms with van der Waals surface area (Å²) in [5.41, 5.74) is 0.587. The predicted molar refractivity (Wildman–Crippen MR) is 73.1 cm³/mol. The fourth-order valence-corrected chi connectivity index (χ4v) is 2.22. The second-order valence-corrected chi connectivity index (χ2v) is 4.85. The molecule has 1 aromatic carbocycles. The molecule has 102 valence electrons. The van der Waals surface area contributed by atoms with Crippen molar-refractivity contribution in [2.24, 2.45) is 0 Å². The summed E-state index contributed by atoms with van der Waals surface area (Å²) in [7, 11) is 2.07. The molecule has 4 heteroatoms. The number of nitriles is 1. The largest absolute Gasteiger partial charge is 0.491 e. The lowest BCUT2D eigenvalue weighted by Crippen LogP contribution is -2.32. The molecule has 1 aliphatic rings. The van der Waals surface area contributed by atoms with Crippen molar-refractivity contribution in [3.8, 4) is 11.8 Å². The molecule has 0 amide bonds. The third-order valence-corrected chi connectivity index (χ3v) is 3.28. The topological polar surface area (TPSA) is 45.5 Å². The number of para-hydroxylation sites is 1. The fraction of sp³-hybridized carbons (Fsp3) is 0.533. The van der Waals surface area contributed by atoms with Gasteiger partial charge in [-0.2, -0.15) is 5.26 Å². The number of ether oxygens (including phenoxy) is 2. The first-order valence-corrected chi connectivity index (χ1v) is 6.71. The number of likely N-dealkylation sites (N-methyl/N-ethyl adjacent to an activating group) is 1. The molecule has 19 heavy (non-hydrogen) atoms. The van der Waals surface area contributed by atoms with Gasteiger partial charge in [0.1, 0.15) is 18.4 Å². The highest BCUT2D eigenvalue weighted by Gasteiger charge is 2.17. The Hall–Kier alpha value is -1.57. The van der Waals surface area contributed by atoms with Crippen LogP contribution in [0.1, 0.15) is 18.4 Å². The van der Waals surface area contributed by atoms with Gasteiger partial charge in [0.05, 0.1) is 11.7 Å². The summed E-state index contributed by atoms with van der Waals surface area (Å²) in [5, 5.41) is 8.96. The van der Waals surface area contributed by atoms with Crippen molar-refractivity contribution in [2.75, 3.05) is 33.4 Å². The first kappa shape index (κ1) is 13.9. The van der Waals surface area contributed by atoms with Crippen molar-refractivity contribution in [2.45, 2.75) is 18.9 Å². The average molecular weight is 260 g/mol. The van der Waals surface area contributed by atoms with Crippen LogP contribution in [0.15, 0.2) is 24.3 Å². The van der Waals surface area contributed by atoms with E-state index < -0.39 is 0 Å². The molecule has 1 heterocycles. The summed E-state index contributed by atoms with van der Waals surface area (Å²) >= 11 is 0. The van der Waals surface area contributed by atoms with E-state index in [9.17, 15) is 0 Å². The molecule has 0 radical (unpaired) electrons. The average Bonchev–Trinajstić information content (AvgIpc) is 2.92. The Morgan fingerprint density at radius 3 is 3.05 bits per heavy atom. The van der Waals surface area contributed by atoms with Crippen LogP contribution in [-0.2, 0) is 4.74 Å². The van der Waals surface area contributed by atoms with Gasteiger partial charge in [-0.05, 0) is 32.0 Å². The molecule has 1 aliphatic heterocycles. The zero-order valence-corrected chi connectivity index (χ0v) is 11.3. The van der Waals surface area contributed by atoms with Gasteiger partial charge in [0, 0.05) is 19.7 Å². The van der Waals surface area contributed by atoms with Gasteiger partial charge in [-0.1, -0.05) is 12.1 Å². The predicted octanol–water partition coefficient (Wildman–Crippen LogP) is 2.05.